The number of nitrogens with one attached hydrogen (secondary N) is 1. The van der Waals surface area contributed by atoms with E-state index in [1.807, 2.05) is 36.4 Å². The Bertz CT molecular complexity index is 1180. The molecule has 0 saturated heterocycles. The Morgan fingerprint density at radius 2 is 1.81 bits per heavy atom. The van der Waals surface area contributed by atoms with Crippen LogP contribution in [-0.4, -0.2) is 29.2 Å². The number of carbonyl (C=O) groups excluding carboxylic acids is 1. The number of hydrogen-bond acceptors (Lipinski definition) is 6. The molecule has 1 amide bonds. The zero-order chi connectivity index (χ0) is 21.8. The topological polar surface area (TPSA) is 120 Å². The number of hydrogen-bond donors (Lipinski definition) is 2. The first kappa shape index (κ1) is 19.9. The van der Waals surface area contributed by atoms with E-state index in [1.165, 1.54) is 12.3 Å². The van der Waals surface area contributed by atoms with Gasteiger partial charge in [0.2, 0.25) is 5.82 Å². The molecule has 154 valence electrons. The number of benzene rings is 2. The number of nitrogen functional groups attached to an aromatic ring is 1. The Hall–Kier alpha value is -4.38. The quantitative estimate of drug-likeness (QED) is 0.383. The van der Waals surface area contributed by atoms with Crippen LogP contribution in [0.5, 0.6) is 0 Å². The van der Waals surface area contributed by atoms with Gasteiger partial charge in [-0.3, -0.25) is 10.1 Å². The molecule has 31 heavy (non-hydrogen) atoms. The van der Waals surface area contributed by atoms with E-state index in [0.29, 0.717) is 5.56 Å². The lowest BCUT2D eigenvalue weighted by atomic mass is 9.98. The first-order valence-electron chi connectivity index (χ1n) is 9.52. The molecule has 2 aromatic carbocycles. The fraction of sp³-hybridized carbons (Fsp3) is 0.130. The average Bonchev–Trinajstić information content (AvgIpc) is 3.10. The highest BCUT2D eigenvalue weighted by molar-refractivity contribution is 5.79. The highest BCUT2D eigenvalue weighted by Crippen LogP contribution is 2.44. The molecule has 8 heteroatoms. The summed E-state index contributed by atoms with van der Waals surface area (Å²) >= 11 is 0. The number of aromatic nitrogens is 1. The second-order valence-corrected chi connectivity index (χ2v) is 6.87. The summed E-state index contributed by atoms with van der Waals surface area (Å²) in [7, 11) is 0. The van der Waals surface area contributed by atoms with Crippen molar-refractivity contribution in [2.75, 3.05) is 18.9 Å². The summed E-state index contributed by atoms with van der Waals surface area (Å²) in [6.07, 6.45) is 0.750. The second kappa shape index (κ2) is 8.55. The molecule has 0 aliphatic heterocycles. The third-order valence-electron chi connectivity index (χ3n) is 4.99. The van der Waals surface area contributed by atoms with Crippen LogP contribution in [0.3, 0.4) is 0 Å². The lowest BCUT2D eigenvalue weighted by molar-refractivity contribution is -0.384. The number of fused-ring (bicyclic) bond motifs is 3. The Labute approximate surface area is 178 Å². The number of pyridine rings is 1. The summed E-state index contributed by atoms with van der Waals surface area (Å²) in [5.41, 5.74) is 10.1. The molecule has 0 radical (unpaired) electrons. The summed E-state index contributed by atoms with van der Waals surface area (Å²) in [6.45, 7) is 0.232. The van der Waals surface area contributed by atoms with Crippen molar-refractivity contribution in [3.8, 4) is 23.0 Å². The largest absolute Gasteiger partial charge is 0.449 e. The van der Waals surface area contributed by atoms with Gasteiger partial charge >= 0.3 is 11.8 Å². The summed E-state index contributed by atoms with van der Waals surface area (Å²) in [4.78, 5) is 26.1. The van der Waals surface area contributed by atoms with Gasteiger partial charge in [-0.05, 0) is 22.3 Å². The summed E-state index contributed by atoms with van der Waals surface area (Å²) in [5.74, 6) is 5.22. The average molecular weight is 414 g/mol. The predicted molar refractivity (Wildman–Crippen MR) is 115 cm³/mol. The van der Waals surface area contributed by atoms with E-state index >= 15 is 0 Å². The molecule has 1 aliphatic carbocycles. The minimum Gasteiger partial charge on any atom is -0.449 e. The van der Waals surface area contributed by atoms with Crippen LogP contribution in [0.25, 0.3) is 11.1 Å². The SMILES string of the molecule is Nc1ncc(C#CCNC(=O)OCC2c3ccccc3-c3ccccc32)cc1[N+](=O)[O-]. The number of amides is 1. The molecule has 3 aromatic rings. The van der Waals surface area contributed by atoms with Gasteiger partial charge in [-0.15, -0.1) is 0 Å². The number of alkyl carbamates (subject to hydrolysis) is 1. The van der Waals surface area contributed by atoms with E-state index in [2.05, 4.69) is 34.3 Å². The molecule has 0 fully saturated rings. The molecule has 3 N–H and O–H groups in total. The van der Waals surface area contributed by atoms with Gasteiger partial charge in [0.15, 0.2) is 0 Å². The maximum atomic E-state index is 12.1. The molecule has 1 heterocycles. The molecule has 1 aromatic heterocycles. The van der Waals surface area contributed by atoms with Gasteiger partial charge < -0.3 is 15.8 Å². The maximum Gasteiger partial charge on any atom is 0.407 e. The molecule has 0 spiro atoms. The lowest BCUT2D eigenvalue weighted by Gasteiger charge is -2.14. The summed E-state index contributed by atoms with van der Waals surface area (Å²) in [5, 5.41) is 13.5. The van der Waals surface area contributed by atoms with E-state index in [0.717, 1.165) is 22.3 Å². The van der Waals surface area contributed by atoms with Gasteiger partial charge in [0.1, 0.15) is 6.61 Å². The van der Waals surface area contributed by atoms with E-state index in [4.69, 9.17) is 10.5 Å². The molecule has 0 bridgehead atoms. The third-order valence-corrected chi connectivity index (χ3v) is 4.99. The first-order chi connectivity index (χ1) is 15.0. The van der Waals surface area contributed by atoms with Crippen LogP contribution in [0.2, 0.25) is 0 Å². The zero-order valence-electron chi connectivity index (χ0n) is 16.4. The predicted octanol–water partition coefficient (Wildman–Crippen LogP) is 3.46. The lowest BCUT2D eigenvalue weighted by Crippen LogP contribution is -2.26. The van der Waals surface area contributed by atoms with Crippen LogP contribution in [0.1, 0.15) is 22.6 Å². The van der Waals surface area contributed by atoms with Crippen molar-refractivity contribution in [1.82, 2.24) is 10.3 Å². The molecule has 0 saturated carbocycles. The van der Waals surface area contributed by atoms with Crippen LogP contribution >= 0.6 is 0 Å². The van der Waals surface area contributed by atoms with E-state index in [9.17, 15) is 14.9 Å². The molecule has 4 rings (SSSR count). The number of nitrogens with two attached hydrogens (primary N) is 1. The second-order valence-electron chi connectivity index (χ2n) is 6.87. The zero-order valence-corrected chi connectivity index (χ0v) is 16.4. The Morgan fingerprint density at radius 3 is 2.45 bits per heavy atom. The fourth-order valence-electron chi connectivity index (χ4n) is 3.59. The van der Waals surface area contributed by atoms with Crippen molar-refractivity contribution in [3.63, 3.8) is 0 Å². The van der Waals surface area contributed by atoms with Gasteiger partial charge in [0.05, 0.1) is 11.5 Å². The number of anilines is 1. The van der Waals surface area contributed by atoms with Crippen LogP contribution in [-0.2, 0) is 4.74 Å². The van der Waals surface area contributed by atoms with Crippen molar-refractivity contribution < 1.29 is 14.5 Å². The Balaban J connectivity index is 1.35. The number of nitro groups is 1. The Morgan fingerprint density at radius 1 is 1.16 bits per heavy atom. The van der Waals surface area contributed by atoms with Gasteiger partial charge in [-0.25, -0.2) is 9.78 Å². The molecule has 0 unspecified atom stereocenters. The highest BCUT2D eigenvalue weighted by Gasteiger charge is 2.28. The summed E-state index contributed by atoms with van der Waals surface area (Å²) in [6, 6.07) is 17.4. The van der Waals surface area contributed by atoms with Crippen molar-refractivity contribution in [1.29, 1.82) is 0 Å². The number of nitrogens with zero attached hydrogens (tertiary/aromatic N) is 2. The highest BCUT2D eigenvalue weighted by atomic mass is 16.6. The molecular formula is C23H18N4O4. The molecular weight excluding hydrogens is 396 g/mol. The summed E-state index contributed by atoms with van der Waals surface area (Å²) < 4.78 is 5.42. The Kier molecular flexibility index (Phi) is 5.49. The minimum atomic E-state index is -0.623. The number of carbonyl (C=O) groups is 1. The fourth-order valence-corrected chi connectivity index (χ4v) is 3.59. The van der Waals surface area contributed by atoms with Crippen LogP contribution in [0.15, 0.2) is 60.8 Å². The standard InChI is InChI=1S/C23H18N4O4/c24-22-21(27(29)30)12-15(13-26-22)6-5-11-25-23(28)31-14-20-18-9-3-1-7-16(18)17-8-2-4-10-19(17)20/h1-4,7-10,12-13,20H,11,14H2,(H2,24,26)(H,25,28). The third kappa shape index (κ3) is 4.16. The van der Waals surface area contributed by atoms with E-state index in [-0.39, 0.29) is 30.6 Å². The van der Waals surface area contributed by atoms with E-state index < -0.39 is 11.0 Å². The monoisotopic (exact) mass is 414 g/mol. The number of ether oxygens (including phenoxy) is 1. The normalized spacial score (nSPS) is 11.6. The molecule has 0 atom stereocenters. The molecule has 8 nitrogen and oxygen atoms in total. The smallest absolute Gasteiger partial charge is 0.407 e. The minimum absolute atomic E-state index is 0.0226. The van der Waals surface area contributed by atoms with Crippen LogP contribution in [0, 0.1) is 22.0 Å². The number of rotatable bonds is 4. The van der Waals surface area contributed by atoms with Gasteiger partial charge in [-0.2, -0.15) is 0 Å². The van der Waals surface area contributed by atoms with Crippen LogP contribution < -0.4 is 11.1 Å². The van der Waals surface area contributed by atoms with Gasteiger partial charge in [-0.1, -0.05) is 60.4 Å². The first-order valence-corrected chi connectivity index (χ1v) is 9.52. The molecule has 1 aliphatic rings. The van der Waals surface area contributed by atoms with Crippen molar-refractivity contribution in [2.45, 2.75) is 5.92 Å². The van der Waals surface area contributed by atoms with Gasteiger partial charge in [0.25, 0.3) is 0 Å². The van der Waals surface area contributed by atoms with Crippen molar-refractivity contribution >= 4 is 17.6 Å². The van der Waals surface area contributed by atoms with E-state index in [1.54, 1.807) is 0 Å². The van der Waals surface area contributed by atoms with Gasteiger partial charge in [0, 0.05) is 23.7 Å². The van der Waals surface area contributed by atoms with Crippen molar-refractivity contribution in [3.05, 3.63) is 87.6 Å². The maximum absolute atomic E-state index is 12.1. The van der Waals surface area contributed by atoms with Crippen molar-refractivity contribution in [2.24, 2.45) is 0 Å². The van der Waals surface area contributed by atoms with Crippen LogP contribution in [0.4, 0.5) is 16.3 Å².